The molecular weight excluding hydrogens is 436 g/mol. The van der Waals surface area contributed by atoms with Crippen molar-refractivity contribution in [1.82, 2.24) is 19.4 Å². The SMILES string of the molecule is Cc1cc2nc(C)c(=O)n(Cc3ccc(C(=O)N4CCN(C5CCCCC5)CC4)cc3)c2cc1C. The normalized spacial score (nSPS) is 17.7. The van der Waals surface area contributed by atoms with E-state index in [1.807, 2.05) is 41.3 Å². The number of rotatable bonds is 4. The molecule has 0 bridgehead atoms. The number of fused-ring (bicyclic) bond motifs is 1. The molecule has 2 fully saturated rings. The predicted octanol–water partition coefficient (Wildman–Crippen LogP) is 4.46. The third-order valence-corrected chi connectivity index (χ3v) is 7.96. The molecule has 1 saturated carbocycles. The van der Waals surface area contributed by atoms with Gasteiger partial charge in [0.1, 0.15) is 5.69 Å². The van der Waals surface area contributed by atoms with E-state index < -0.39 is 0 Å². The predicted molar refractivity (Wildman–Crippen MR) is 140 cm³/mol. The molecule has 3 aromatic rings. The highest BCUT2D eigenvalue weighted by Crippen LogP contribution is 2.24. The van der Waals surface area contributed by atoms with Gasteiger partial charge in [0.25, 0.3) is 11.5 Å². The van der Waals surface area contributed by atoms with E-state index >= 15 is 0 Å². The molecule has 1 aliphatic heterocycles. The largest absolute Gasteiger partial charge is 0.336 e. The maximum atomic E-state index is 13.1. The Bertz CT molecular complexity index is 1280. The highest BCUT2D eigenvalue weighted by Gasteiger charge is 2.27. The molecule has 1 amide bonds. The number of carbonyl (C=O) groups is 1. The number of carbonyl (C=O) groups excluding carboxylic acids is 1. The summed E-state index contributed by atoms with van der Waals surface area (Å²) < 4.78 is 1.80. The molecule has 1 aliphatic carbocycles. The lowest BCUT2D eigenvalue weighted by atomic mass is 9.94. The fraction of sp³-hybridized carbons (Fsp3) is 0.483. The molecule has 1 aromatic heterocycles. The van der Waals surface area contributed by atoms with Crippen LogP contribution in [0.3, 0.4) is 0 Å². The zero-order valence-corrected chi connectivity index (χ0v) is 21.2. The van der Waals surface area contributed by atoms with Crippen molar-refractivity contribution in [2.24, 2.45) is 0 Å². The zero-order chi connectivity index (χ0) is 24.5. The molecule has 0 N–H and O–H groups in total. The third kappa shape index (κ3) is 4.90. The standard InChI is InChI=1S/C29H36N4O2/c1-20-17-26-27(18-21(20)2)33(28(34)22(3)30-26)19-23-9-11-24(12-10-23)29(35)32-15-13-31(14-16-32)25-7-5-4-6-8-25/h9-12,17-18,25H,4-8,13-16,19H2,1-3H3. The second kappa shape index (κ2) is 9.94. The maximum absolute atomic E-state index is 13.1. The summed E-state index contributed by atoms with van der Waals surface area (Å²) in [6.07, 6.45) is 6.68. The minimum absolute atomic E-state index is 0.0725. The first-order valence-corrected chi connectivity index (χ1v) is 13.0. The van der Waals surface area contributed by atoms with Gasteiger partial charge in [0.2, 0.25) is 0 Å². The van der Waals surface area contributed by atoms with Gasteiger partial charge in [0, 0.05) is 37.8 Å². The van der Waals surface area contributed by atoms with E-state index in [9.17, 15) is 9.59 Å². The summed E-state index contributed by atoms with van der Waals surface area (Å²) in [5.74, 6) is 0.105. The Hall–Kier alpha value is -2.99. The van der Waals surface area contributed by atoms with Crippen molar-refractivity contribution >= 4 is 16.9 Å². The van der Waals surface area contributed by atoms with Crippen LogP contribution in [0.2, 0.25) is 0 Å². The number of hydrogen-bond donors (Lipinski definition) is 0. The maximum Gasteiger partial charge on any atom is 0.272 e. The van der Waals surface area contributed by atoms with E-state index in [2.05, 4.69) is 23.7 Å². The topological polar surface area (TPSA) is 58.4 Å². The van der Waals surface area contributed by atoms with Crippen LogP contribution < -0.4 is 5.56 Å². The van der Waals surface area contributed by atoms with Gasteiger partial charge in [0.15, 0.2) is 0 Å². The third-order valence-electron chi connectivity index (χ3n) is 7.96. The van der Waals surface area contributed by atoms with Gasteiger partial charge in [-0.25, -0.2) is 4.98 Å². The van der Waals surface area contributed by atoms with E-state index in [1.165, 1.54) is 32.1 Å². The van der Waals surface area contributed by atoms with Crippen LogP contribution in [-0.4, -0.2) is 57.5 Å². The molecule has 2 aliphatic rings. The Morgan fingerprint density at radius 1 is 0.914 bits per heavy atom. The molecular formula is C29H36N4O2. The lowest BCUT2D eigenvalue weighted by molar-refractivity contribution is 0.0523. The van der Waals surface area contributed by atoms with E-state index in [0.29, 0.717) is 18.3 Å². The van der Waals surface area contributed by atoms with Gasteiger partial charge in [0.05, 0.1) is 17.6 Å². The fourth-order valence-corrected chi connectivity index (χ4v) is 5.64. The van der Waals surface area contributed by atoms with Crippen molar-refractivity contribution in [2.45, 2.75) is 65.5 Å². The van der Waals surface area contributed by atoms with Gasteiger partial charge in [-0.3, -0.25) is 14.5 Å². The molecule has 0 radical (unpaired) electrons. The monoisotopic (exact) mass is 472 g/mol. The van der Waals surface area contributed by atoms with Gasteiger partial charge in [-0.2, -0.15) is 0 Å². The Kier molecular flexibility index (Phi) is 6.74. The minimum Gasteiger partial charge on any atom is -0.336 e. The van der Waals surface area contributed by atoms with Crippen LogP contribution in [0, 0.1) is 20.8 Å². The van der Waals surface area contributed by atoms with Crippen LogP contribution in [-0.2, 0) is 6.54 Å². The minimum atomic E-state index is -0.0725. The fourth-order valence-electron chi connectivity index (χ4n) is 5.64. The van der Waals surface area contributed by atoms with Gasteiger partial charge < -0.3 is 9.47 Å². The molecule has 35 heavy (non-hydrogen) atoms. The van der Waals surface area contributed by atoms with E-state index in [4.69, 9.17) is 0 Å². The summed E-state index contributed by atoms with van der Waals surface area (Å²) in [6, 6.07) is 12.6. The molecule has 0 spiro atoms. The van der Waals surface area contributed by atoms with Crippen molar-refractivity contribution in [2.75, 3.05) is 26.2 Å². The van der Waals surface area contributed by atoms with Gasteiger partial charge >= 0.3 is 0 Å². The number of piperazine rings is 1. The first-order chi connectivity index (χ1) is 16.9. The first-order valence-electron chi connectivity index (χ1n) is 13.0. The van der Waals surface area contributed by atoms with E-state index in [1.54, 1.807) is 11.5 Å². The van der Waals surface area contributed by atoms with Crippen molar-refractivity contribution in [3.63, 3.8) is 0 Å². The lowest BCUT2D eigenvalue weighted by Crippen LogP contribution is -2.52. The number of benzene rings is 2. The second-order valence-corrected chi connectivity index (χ2v) is 10.3. The van der Waals surface area contributed by atoms with Crippen LogP contribution in [0.15, 0.2) is 41.2 Å². The average Bonchev–Trinajstić information content (AvgIpc) is 2.89. The summed E-state index contributed by atoms with van der Waals surface area (Å²) in [5.41, 5.74) is 6.13. The highest BCUT2D eigenvalue weighted by atomic mass is 16.2. The molecule has 0 unspecified atom stereocenters. The summed E-state index contributed by atoms with van der Waals surface area (Å²) in [6.45, 7) is 9.89. The number of aromatic nitrogens is 2. The summed E-state index contributed by atoms with van der Waals surface area (Å²) >= 11 is 0. The van der Waals surface area contributed by atoms with Crippen LogP contribution in [0.1, 0.15) is 64.8 Å². The van der Waals surface area contributed by atoms with Gasteiger partial charge in [-0.05, 0) is 74.6 Å². The molecule has 184 valence electrons. The van der Waals surface area contributed by atoms with Crippen LogP contribution in [0.25, 0.3) is 11.0 Å². The Labute approximate surface area is 207 Å². The van der Waals surface area contributed by atoms with Crippen molar-refractivity contribution in [3.05, 3.63) is 74.7 Å². The first kappa shape index (κ1) is 23.7. The molecule has 2 heterocycles. The van der Waals surface area contributed by atoms with Crippen LogP contribution >= 0.6 is 0 Å². The molecule has 1 saturated heterocycles. The average molecular weight is 473 g/mol. The number of aryl methyl sites for hydroxylation is 3. The number of nitrogens with zero attached hydrogens (tertiary/aromatic N) is 4. The quantitative estimate of drug-likeness (QED) is 0.563. The van der Waals surface area contributed by atoms with Crippen LogP contribution in [0.5, 0.6) is 0 Å². The smallest absolute Gasteiger partial charge is 0.272 e. The highest BCUT2D eigenvalue weighted by molar-refractivity contribution is 5.94. The molecule has 5 rings (SSSR count). The van der Waals surface area contributed by atoms with Crippen LogP contribution in [0.4, 0.5) is 0 Å². The molecule has 0 atom stereocenters. The van der Waals surface area contributed by atoms with Crippen molar-refractivity contribution in [1.29, 1.82) is 0 Å². The van der Waals surface area contributed by atoms with Gasteiger partial charge in [-0.15, -0.1) is 0 Å². The summed E-state index contributed by atoms with van der Waals surface area (Å²) in [7, 11) is 0. The van der Waals surface area contributed by atoms with Crippen molar-refractivity contribution in [3.8, 4) is 0 Å². The Morgan fingerprint density at radius 3 is 2.26 bits per heavy atom. The van der Waals surface area contributed by atoms with E-state index in [0.717, 1.165) is 59.5 Å². The molecule has 6 heteroatoms. The van der Waals surface area contributed by atoms with Gasteiger partial charge in [-0.1, -0.05) is 31.4 Å². The van der Waals surface area contributed by atoms with Crippen molar-refractivity contribution < 1.29 is 4.79 Å². The number of hydrogen-bond acceptors (Lipinski definition) is 4. The zero-order valence-electron chi connectivity index (χ0n) is 21.2. The number of amides is 1. The summed E-state index contributed by atoms with van der Waals surface area (Å²) in [5, 5.41) is 0. The lowest BCUT2D eigenvalue weighted by Gasteiger charge is -2.40. The Morgan fingerprint density at radius 2 is 1.57 bits per heavy atom. The Balaban J connectivity index is 1.29. The molecule has 2 aromatic carbocycles. The van der Waals surface area contributed by atoms with E-state index in [-0.39, 0.29) is 11.5 Å². The second-order valence-electron chi connectivity index (χ2n) is 10.3. The molecule has 6 nitrogen and oxygen atoms in total. The summed E-state index contributed by atoms with van der Waals surface area (Å²) in [4.78, 5) is 35.2.